The molecule has 106 valence electrons. The van der Waals surface area contributed by atoms with Gasteiger partial charge < -0.3 is 10.6 Å². The van der Waals surface area contributed by atoms with E-state index < -0.39 is 0 Å². The third kappa shape index (κ3) is 3.57. The number of aromatic nitrogens is 1. The van der Waals surface area contributed by atoms with E-state index in [1.165, 1.54) is 0 Å². The van der Waals surface area contributed by atoms with Gasteiger partial charge in [0.05, 0.1) is 23.5 Å². The molecular formula is C16H16N4O. The maximum absolute atomic E-state index is 12.2. The second-order valence-electron chi connectivity index (χ2n) is 4.56. The number of carbonyl (C=O) groups excluding carboxylic acids is 1. The third-order valence-corrected chi connectivity index (χ3v) is 2.99. The van der Waals surface area contributed by atoms with Crippen LogP contribution >= 0.6 is 0 Å². The number of carbonyl (C=O) groups is 1. The van der Waals surface area contributed by atoms with Crippen LogP contribution in [0.1, 0.15) is 28.5 Å². The van der Waals surface area contributed by atoms with Crippen LogP contribution < -0.4 is 10.6 Å². The van der Waals surface area contributed by atoms with E-state index in [9.17, 15) is 4.79 Å². The van der Waals surface area contributed by atoms with Crippen LogP contribution in [0.25, 0.3) is 0 Å². The number of anilines is 2. The first-order valence-corrected chi connectivity index (χ1v) is 6.66. The first-order valence-electron chi connectivity index (χ1n) is 6.66. The van der Waals surface area contributed by atoms with Crippen molar-refractivity contribution in [2.24, 2.45) is 0 Å². The van der Waals surface area contributed by atoms with Crippen LogP contribution in [-0.4, -0.2) is 17.4 Å². The topological polar surface area (TPSA) is 77.8 Å². The van der Waals surface area contributed by atoms with E-state index in [1.54, 1.807) is 30.5 Å². The summed E-state index contributed by atoms with van der Waals surface area (Å²) >= 11 is 0. The standard InChI is InChI=1S/C16H16N4O/c1-3-18-13-6-7-14(19-10-13)16(21)20-15-8-12(9-17)5-4-11(15)2/h4-8,10,18H,3H2,1-2H3,(H,20,21). The van der Waals surface area contributed by atoms with Crippen molar-refractivity contribution in [2.45, 2.75) is 13.8 Å². The van der Waals surface area contributed by atoms with Gasteiger partial charge in [0.2, 0.25) is 0 Å². The zero-order valence-corrected chi connectivity index (χ0v) is 12.0. The minimum Gasteiger partial charge on any atom is -0.384 e. The molecule has 1 amide bonds. The molecule has 2 N–H and O–H groups in total. The highest BCUT2D eigenvalue weighted by Gasteiger charge is 2.09. The van der Waals surface area contributed by atoms with Gasteiger partial charge in [-0.05, 0) is 43.7 Å². The molecule has 0 atom stereocenters. The van der Waals surface area contributed by atoms with Crippen molar-refractivity contribution in [3.05, 3.63) is 53.3 Å². The van der Waals surface area contributed by atoms with Gasteiger partial charge >= 0.3 is 0 Å². The van der Waals surface area contributed by atoms with Crippen molar-refractivity contribution in [2.75, 3.05) is 17.2 Å². The molecule has 0 unspecified atom stereocenters. The zero-order chi connectivity index (χ0) is 15.2. The number of nitrogens with zero attached hydrogens (tertiary/aromatic N) is 2. The fourth-order valence-electron chi connectivity index (χ4n) is 1.85. The highest BCUT2D eigenvalue weighted by Crippen LogP contribution is 2.17. The minimum atomic E-state index is -0.295. The maximum Gasteiger partial charge on any atom is 0.274 e. The molecule has 0 spiro atoms. The Kier molecular flexibility index (Phi) is 4.52. The molecule has 0 radical (unpaired) electrons. The van der Waals surface area contributed by atoms with E-state index in [1.807, 2.05) is 19.9 Å². The van der Waals surface area contributed by atoms with Crippen LogP contribution in [0.2, 0.25) is 0 Å². The molecule has 5 heteroatoms. The van der Waals surface area contributed by atoms with E-state index in [2.05, 4.69) is 21.7 Å². The lowest BCUT2D eigenvalue weighted by Crippen LogP contribution is -2.14. The fraction of sp³-hybridized carbons (Fsp3) is 0.188. The van der Waals surface area contributed by atoms with Crippen LogP contribution in [0.5, 0.6) is 0 Å². The molecule has 1 heterocycles. The average Bonchev–Trinajstić information content (AvgIpc) is 2.50. The Bertz CT molecular complexity index is 686. The Morgan fingerprint density at radius 2 is 2.14 bits per heavy atom. The molecule has 21 heavy (non-hydrogen) atoms. The average molecular weight is 280 g/mol. The number of nitriles is 1. The van der Waals surface area contributed by atoms with Gasteiger partial charge in [0, 0.05) is 12.2 Å². The predicted molar refractivity (Wildman–Crippen MR) is 82.2 cm³/mol. The Labute approximate surface area is 123 Å². The molecule has 0 aliphatic rings. The largest absolute Gasteiger partial charge is 0.384 e. The SMILES string of the molecule is CCNc1ccc(C(=O)Nc2cc(C#N)ccc2C)nc1. The first-order chi connectivity index (χ1) is 10.1. The molecule has 1 aromatic carbocycles. The van der Waals surface area contributed by atoms with E-state index >= 15 is 0 Å². The first kappa shape index (κ1) is 14.5. The lowest BCUT2D eigenvalue weighted by molar-refractivity contribution is 0.102. The highest BCUT2D eigenvalue weighted by molar-refractivity contribution is 6.03. The number of aryl methyl sites for hydroxylation is 1. The molecule has 0 saturated heterocycles. The molecule has 0 saturated carbocycles. The summed E-state index contributed by atoms with van der Waals surface area (Å²) in [6, 6.07) is 10.7. The summed E-state index contributed by atoms with van der Waals surface area (Å²) < 4.78 is 0. The number of rotatable bonds is 4. The Hall–Kier alpha value is -2.87. The molecule has 5 nitrogen and oxygen atoms in total. The summed E-state index contributed by atoms with van der Waals surface area (Å²) in [7, 11) is 0. The zero-order valence-electron chi connectivity index (χ0n) is 12.0. The lowest BCUT2D eigenvalue weighted by atomic mass is 10.1. The second kappa shape index (κ2) is 6.53. The normalized spacial score (nSPS) is 9.76. The van der Waals surface area contributed by atoms with Crippen molar-refractivity contribution in [1.82, 2.24) is 4.98 Å². The Morgan fingerprint density at radius 3 is 2.76 bits per heavy atom. The maximum atomic E-state index is 12.2. The van der Waals surface area contributed by atoms with E-state index in [4.69, 9.17) is 5.26 Å². The van der Waals surface area contributed by atoms with Gasteiger partial charge in [-0.25, -0.2) is 4.98 Å². The Morgan fingerprint density at radius 1 is 1.33 bits per heavy atom. The predicted octanol–water partition coefficient (Wildman–Crippen LogP) is 2.95. The number of benzene rings is 1. The molecule has 0 bridgehead atoms. The molecule has 0 fully saturated rings. The number of amides is 1. The van der Waals surface area contributed by atoms with Crippen LogP contribution in [0.15, 0.2) is 36.5 Å². The summed E-state index contributed by atoms with van der Waals surface area (Å²) in [6.07, 6.45) is 1.62. The van der Waals surface area contributed by atoms with Crippen molar-refractivity contribution < 1.29 is 4.79 Å². The van der Waals surface area contributed by atoms with E-state index in [0.29, 0.717) is 16.9 Å². The van der Waals surface area contributed by atoms with Crippen molar-refractivity contribution in [3.63, 3.8) is 0 Å². The van der Waals surface area contributed by atoms with Gasteiger partial charge in [-0.2, -0.15) is 5.26 Å². The van der Waals surface area contributed by atoms with Gasteiger partial charge in [0.25, 0.3) is 5.91 Å². The summed E-state index contributed by atoms with van der Waals surface area (Å²) in [6.45, 7) is 4.66. The number of hydrogen-bond donors (Lipinski definition) is 2. The van der Waals surface area contributed by atoms with Crippen LogP contribution in [0.3, 0.4) is 0 Å². The molecule has 2 rings (SSSR count). The number of nitrogens with one attached hydrogen (secondary N) is 2. The van der Waals surface area contributed by atoms with Crippen LogP contribution in [0, 0.1) is 18.3 Å². The lowest BCUT2D eigenvalue weighted by Gasteiger charge is -2.09. The van der Waals surface area contributed by atoms with E-state index in [-0.39, 0.29) is 5.91 Å². The van der Waals surface area contributed by atoms with Crippen molar-refractivity contribution in [3.8, 4) is 6.07 Å². The molecule has 1 aromatic heterocycles. The molecule has 2 aromatic rings. The fourth-order valence-corrected chi connectivity index (χ4v) is 1.85. The second-order valence-corrected chi connectivity index (χ2v) is 4.56. The van der Waals surface area contributed by atoms with E-state index in [0.717, 1.165) is 17.8 Å². The molecule has 0 aliphatic carbocycles. The van der Waals surface area contributed by atoms with Gasteiger partial charge in [0.15, 0.2) is 0 Å². The smallest absolute Gasteiger partial charge is 0.274 e. The van der Waals surface area contributed by atoms with Crippen LogP contribution in [0.4, 0.5) is 11.4 Å². The summed E-state index contributed by atoms with van der Waals surface area (Å²) in [5.74, 6) is -0.295. The van der Waals surface area contributed by atoms with Crippen molar-refractivity contribution >= 4 is 17.3 Å². The minimum absolute atomic E-state index is 0.295. The van der Waals surface area contributed by atoms with Gasteiger partial charge in [-0.1, -0.05) is 6.07 Å². The van der Waals surface area contributed by atoms with Crippen LogP contribution in [-0.2, 0) is 0 Å². The summed E-state index contributed by atoms with van der Waals surface area (Å²) in [5.41, 5.74) is 3.23. The number of hydrogen-bond acceptors (Lipinski definition) is 4. The van der Waals surface area contributed by atoms with Gasteiger partial charge in [-0.3, -0.25) is 4.79 Å². The highest BCUT2D eigenvalue weighted by atomic mass is 16.1. The van der Waals surface area contributed by atoms with Gasteiger partial charge in [-0.15, -0.1) is 0 Å². The Balaban J connectivity index is 2.16. The quantitative estimate of drug-likeness (QED) is 0.902. The van der Waals surface area contributed by atoms with Crippen molar-refractivity contribution in [1.29, 1.82) is 5.26 Å². The van der Waals surface area contributed by atoms with Gasteiger partial charge in [0.1, 0.15) is 5.69 Å². The monoisotopic (exact) mass is 280 g/mol. The third-order valence-electron chi connectivity index (χ3n) is 2.99. The summed E-state index contributed by atoms with van der Waals surface area (Å²) in [4.78, 5) is 16.3. The molecule has 0 aliphatic heterocycles. The molecular weight excluding hydrogens is 264 g/mol. The number of pyridine rings is 1. The summed E-state index contributed by atoms with van der Waals surface area (Å²) in [5, 5.41) is 14.8.